The van der Waals surface area contributed by atoms with Crippen molar-refractivity contribution in [1.82, 2.24) is 5.06 Å². The van der Waals surface area contributed by atoms with E-state index in [9.17, 15) is 19.2 Å². The summed E-state index contributed by atoms with van der Waals surface area (Å²) in [6, 6.07) is 15.8. The van der Waals surface area contributed by atoms with Crippen molar-refractivity contribution >= 4 is 34.5 Å². The molecule has 0 spiro atoms. The van der Waals surface area contributed by atoms with Gasteiger partial charge in [-0.1, -0.05) is 41.5 Å². The lowest BCUT2D eigenvalue weighted by Gasteiger charge is -2.14. The highest BCUT2D eigenvalue weighted by Crippen LogP contribution is 2.26. The zero-order valence-corrected chi connectivity index (χ0v) is 14.7. The van der Waals surface area contributed by atoms with E-state index in [2.05, 4.69) is 0 Å². The first-order chi connectivity index (χ1) is 13.5. The maximum absolute atomic E-state index is 12.7. The molecule has 0 N–H and O–H groups in total. The molecule has 1 aliphatic heterocycles. The Labute approximate surface area is 159 Å². The minimum atomic E-state index is -0.887. The SMILES string of the molecule is COC(=O)c1cccc2c(C(=O)ON3C(=O)c4ccccc4C3=O)cccc12. The second-order valence-electron chi connectivity index (χ2n) is 6.03. The van der Waals surface area contributed by atoms with E-state index in [-0.39, 0.29) is 22.3 Å². The van der Waals surface area contributed by atoms with Gasteiger partial charge in [-0.25, -0.2) is 9.59 Å². The molecule has 1 heterocycles. The standard InChI is InChI=1S/C21H13NO6/c1-27-20(25)16-10-4-9-13-12(16)8-5-11-17(13)21(26)28-22-18(23)14-6-2-3-7-15(14)19(22)24/h2-11H,1H3. The van der Waals surface area contributed by atoms with Crippen LogP contribution in [-0.4, -0.2) is 35.9 Å². The van der Waals surface area contributed by atoms with Crippen LogP contribution in [0.2, 0.25) is 0 Å². The van der Waals surface area contributed by atoms with Crippen LogP contribution in [-0.2, 0) is 9.57 Å². The van der Waals surface area contributed by atoms with E-state index in [0.717, 1.165) is 0 Å². The lowest BCUT2D eigenvalue weighted by molar-refractivity contribution is -0.0583. The number of hydroxylamine groups is 2. The molecule has 0 radical (unpaired) electrons. The highest BCUT2D eigenvalue weighted by Gasteiger charge is 2.39. The Balaban J connectivity index is 1.70. The van der Waals surface area contributed by atoms with Gasteiger partial charge in [0.05, 0.1) is 29.4 Å². The summed E-state index contributed by atoms with van der Waals surface area (Å²) in [6.07, 6.45) is 0. The van der Waals surface area contributed by atoms with Gasteiger partial charge >= 0.3 is 11.9 Å². The number of amides is 2. The number of ether oxygens (including phenoxy) is 1. The van der Waals surface area contributed by atoms with E-state index in [0.29, 0.717) is 15.8 Å². The number of carbonyl (C=O) groups is 4. The van der Waals surface area contributed by atoms with Gasteiger partial charge in [0.25, 0.3) is 11.8 Å². The summed E-state index contributed by atoms with van der Waals surface area (Å²) >= 11 is 0. The van der Waals surface area contributed by atoms with Crippen LogP contribution < -0.4 is 0 Å². The molecule has 3 aromatic carbocycles. The Kier molecular flexibility index (Phi) is 4.12. The number of methoxy groups -OCH3 is 1. The molecule has 0 bridgehead atoms. The molecule has 138 valence electrons. The van der Waals surface area contributed by atoms with Crippen molar-refractivity contribution < 1.29 is 28.8 Å². The molecule has 0 aliphatic carbocycles. The molecule has 0 aromatic heterocycles. The molecule has 0 atom stereocenters. The molecule has 1 aliphatic rings. The van der Waals surface area contributed by atoms with Gasteiger partial charge in [0.2, 0.25) is 0 Å². The van der Waals surface area contributed by atoms with E-state index >= 15 is 0 Å². The maximum atomic E-state index is 12.7. The van der Waals surface area contributed by atoms with E-state index in [4.69, 9.17) is 9.57 Å². The predicted octanol–water partition coefficient (Wildman–Crippen LogP) is 2.99. The minimum absolute atomic E-state index is 0.111. The maximum Gasteiger partial charge on any atom is 0.364 e. The number of hydrogen-bond donors (Lipinski definition) is 0. The molecule has 7 nitrogen and oxygen atoms in total. The fraction of sp³-hybridized carbons (Fsp3) is 0.0476. The summed E-state index contributed by atoms with van der Waals surface area (Å²) < 4.78 is 4.76. The molecule has 7 heteroatoms. The molecular weight excluding hydrogens is 362 g/mol. The fourth-order valence-electron chi connectivity index (χ4n) is 3.16. The highest BCUT2D eigenvalue weighted by molar-refractivity contribution is 6.21. The molecule has 0 saturated carbocycles. The van der Waals surface area contributed by atoms with E-state index in [1.165, 1.54) is 25.3 Å². The number of nitrogens with zero attached hydrogens (tertiary/aromatic N) is 1. The Morgan fingerprint density at radius 2 is 1.21 bits per heavy atom. The molecule has 0 saturated heterocycles. The van der Waals surface area contributed by atoms with Crippen molar-refractivity contribution in [2.45, 2.75) is 0 Å². The van der Waals surface area contributed by atoms with Crippen LogP contribution in [0.15, 0.2) is 60.7 Å². The lowest BCUT2D eigenvalue weighted by atomic mass is 10.00. The first-order valence-corrected chi connectivity index (χ1v) is 8.33. The first kappa shape index (κ1) is 17.4. The number of esters is 1. The number of hydrogen-bond acceptors (Lipinski definition) is 6. The van der Waals surface area contributed by atoms with Crippen molar-refractivity contribution in [2.75, 3.05) is 7.11 Å². The third kappa shape index (κ3) is 2.61. The van der Waals surface area contributed by atoms with Gasteiger partial charge in [-0.2, -0.15) is 0 Å². The summed E-state index contributed by atoms with van der Waals surface area (Å²) in [4.78, 5) is 54.6. The topological polar surface area (TPSA) is 90.0 Å². The van der Waals surface area contributed by atoms with Crippen molar-refractivity contribution in [3.63, 3.8) is 0 Å². The smallest absolute Gasteiger partial charge is 0.364 e. The van der Waals surface area contributed by atoms with Gasteiger partial charge < -0.3 is 9.57 Å². The van der Waals surface area contributed by atoms with E-state index < -0.39 is 23.8 Å². The van der Waals surface area contributed by atoms with Crippen molar-refractivity contribution in [3.05, 3.63) is 82.9 Å². The predicted molar refractivity (Wildman–Crippen MR) is 97.6 cm³/mol. The molecular formula is C21H13NO6. The largest absolute Gasteiger partial charge is 0.465 e. The van der Waals surface area contributed by atoms with Crippen molar-refractivity contribution in [2.24, 2.45) is 0 Å². The van der Waals surface area contributed by atoms with Gasteiger partial charge in [0.1, 0.15) is 0 Å². The average Bonchev–Trinajstić information content (AvgIpc) is 2.97. The molecule has 0 fully saturated rings. The third-order valence-electron chi connectivity index (χ3n) is 4.48. The molecule has 0 unspecified atom stereocenters. The van der Waals surface area contributed by atoms with Gasteiger partial charge in [-0.15, -0.1) is 0 Å². The number of carbonyl (C=O) groups excluding carboxylic acids is 4. The van der Waals surface area contributed by atoms with Crippen LogP contribution in [0.5, 0.6) is 0 Å². The van der Waals surface area contributed by atoms with Crippen molar-refractivity contribution in [3.8, 4) is 0 Å². The Morgan fingerprint density at radius 3 is 1.71 bits per heavy atom. The van der Waals surface area contributed by atoms with E-state index in [1.807, 2.05) is 0 Å². The molecule has 28 heavy (non-hydrogen) atoms. The van der Waals surface area contributed by atoms with Crippen LogP contribution in [0.25, 0.3) is 10.8 Å². The normalized spacial score (nSPS) is 12.8. The van der Waals surface area contributed by atoms with Gasteiger partial charge in [0.15, 0.2) is 0 Å². The fourth-order valence-corrected chi connectivity index (χ4v) is 3.16. The second kappa shape index (κ2) is 6.62. The van der Waals surface area contributed by atoms with Crippen LogP contribution in [0.4, 0.5) is 0 Å². The summed E-state index contributed by atoms with van der Waals surface area (Å²) in [5, 5.41) is 1.38. The summed E-state index contributed by atoms with van der Waals surface area (Å²) in [6.45, 7) is 0. The monoisotopic (exact) mass is 375 g/mol. The summed E-state index contributed by atoms with van der Waals surface area (Å²) in [5.74, 6) is -2.84. The van der Waals surface area contributed by atoms with Crippen LogP contribution in [0, 0.1) is 0 Å². The zero-order chi connectivity index (χ0) is 19.8. The second-order valence-corrected chi connectivity index (χ2v) is 6.03. The van der Waals surface area contributed by atoms with Crippen LogP contribution in [0.3, 0.4) is 0 Å². The molecule has 4 rings (SSSR count). The van der Waals surface area contributed by atoms with Crippen molar-refractivity contribution in [1.29, 1.82) is 0 Å². The number of fused-ring (bicyclic) bond motifs is 2. The number of imide groups is 1. The van der Waals surface area contributed by atoms with Gasteiger partial charge in [-0.05, 0) is 35.0 Å². The quantitative estimate of drug-likeness (QED) is 0.516. The molecule has 3 aromatic rings. The van der Waals surface area contributed by atoms with Crippen LogP contribution >= 0.6 is 0 Å². The summed E-state index contributed by atoms with van der Waals surface area (Å²) in [5.41, 5.74) is 0.743. The van der Waals surface area contributed by atoms with Gasteiger partial charge in [0, 0.05) is 0 Å². The number of benzene rings is 3. The lowest BCUT2D eigenvalue weighted by Crippen LogP contribution is -2.32. The van der Waals surface area contributed by atoms with Crippen LogP contribution in [0.1, 0.15) is 41.4 Å². The summed E-state index contributed by atoms with van der Waals surface area (Å²) in [7, 11) is 1.27. The zero-order valence-electron chi connectivity index (χ0n) is 14.7. The Hall–Kier alpha value is -4.00. The average molecular weight is 375 g/mol. The molecule has 2 amide bonds. The number of rotatable bonds is 3. The van der Waals surface area contributed by atoms with Gasteiger partial charge in [-0.3, -0.25) is 9.59 Å². The minimum Gasteiger partial charge on any atom is -0.465 e. The Morgan fingerprint density at radius 1 is 0.714 bits per heavy atom. The first-order valence-electron chi connectivity index (χ1n) is 8.33. The van der Waals surface area contributed by atoms with E-state index in [1.54, 1.807) is 42.5 Å². The highest BCUT2D eigenvalue weighted by atomic mass is 16.7. The Bertz CT molecular complexity index is 1130. The third-order valence-corrected chi connectivity index (χ3v) is 4.48.